The van der Waals surface area contributed by atoms with Gasteiger partial charge in [0.25, 0.3) is 0 Å². The average molecular weight is 437 g/mol. The Morgan fingerprint density at radius 2 is 1.59 bits per heavy atom. The molecule has 2 aromatic carbocycles. The Hall–Kier alpha value is -2.22. The fourth-order valence-corrected chi connectivity index (χ4v) is 4.67. The van der Waals surface area contributed by atoms with Crippen molar-refractivity contribution in [3.63, 3.8) is 0 Å². The summed E-state index contributed by atoms with van der Waals surface area (Å²) in [5.74, 6) is -0.746. The molecule has 0 spiro atoms. The summed E-state index contributed by atoms with van der Waals surface area (Å²) < 4.78 is 27.9. The first-order chi connectivity index (χ1) is 13.5. The summed E-state index contributed by atoms with van der Waals surface area (Å²) in [5.41, 5.74) is 6.76. The van der Waals surface area contributed by atoms with Crippen molar-refractivity contribution in [2.24, 2.45) is 11.7 Å². The van der Waals surface area contributed by atoms with Crippen LogP contribution in [0.5, 0.6) is 0 Å². The Balaban J connectivity index is 2.50. The monoisotopic (exact) mass is 436 g/mol. The van der Waals surface area contributed by atoms with E-state index >= 15 is 0 Å². The maximum absolute atomic E-state index is 13.4. The average Bonchev–Trinajstić information content (AvgIpc) is 2.64. The SMILES string of the molecule is CC(=O)c1ccc(CN([C@H](CC(C)C)C(N)=O)S(=O)(=O)c2ccc(Cl)cc2)cc1. The van der Waals surface area contributed by atoms with Crippen LogP contribution in [0.25, 0.3) is 0 Å². The van der Waals surface area contributed by atoms with Gasteiger partial charge in [-0.25, -0.2) is 8.42 Å². The third-order valence-electron chi connectivity index (χ3n) is 4.49. The molecular weight excluding hydrogens is 412 g/mol. The summed E-state index contributed by atoms with van der Waals surface area (Å²) in [4.78, 5) is 23.7. The molecule has 2 aromatic rings. The molecular formula is C21H25ClN2O4S. The van der Waals surface area contributed by atoms with Crippen molar-refractivity contribution in [2.75, 3.05) is 0 Å². The van der Waals surface area contributed by atoms with Gasteiger partial charge in [0.15, 0.2) is 5.78 Å². The lowest BCUT2D eigenvalue weighted by molar-refractivity contribution is -0.122. The van der Waals surface area contributed by atoms with Gasteiger partial charge < -0.3 is 5.73 Å². The summed E-state index contributed by atoms with van der Waals surface area (Å²) in [5, 5.41) is 0.406. The van der Waals surface area contributed by atoms with Gasteiger partial charge in [-0.05, 0) is 49.1 Å². The number of carbonyl (C=O) groups is 2. The second-order valence-electron chi connectivity index (χ2n) is 7.31. The predicted octanol–water partition coefficient (Wildman–Crippen LogP) is 3.63. The van der Waals surface area contributed by atoms with E-state index in [-0.39, 0.29) is 29.6 Å². The molecule has 0 bridgehead atoms. The molecule has 8 heteroatoms. The first-order valence-electron chi connectivity index (χ1n) is 9.19. The number of hydrogen-bond acceptors (Lipinski definition) is 4. The van der Waals surface area contributed by atoms with E-state index in [1.165, 1.54) is 31.2 Å². The number of carbonyl (C=O) groups excluding carboxylic acids is 2. The molecule has 0 saturated carbocycles. The number of nitrogens with two attached hydrogens (primary N) is 1. The highest BCUT2D eigenvalue weighted by Crippen LogP contribution is 2.25. The standard InChI is InChI=1S/C21H25ClN2O4S/c1-14(2)12-20(21(23)26)24(13-16-4-6-17(7-5-16)15(3)25)29(27,28)19-10-8-18(22)9-11-19/h4-11,14,20H,12-13H2,1-3H3,(H2,23,26)/t20-/m1/s1. The van der Waals surface area contributed by atoms with Gasteiger partial charge in [0.2, 0.25) is 15.9 Å². The van der Waals surface area contributed by atoms with E-state index in [1.54, 1.807) is 24.3 Å². The van der Waals surface area contributed by atoms with E-state index in [4.69, 9.17) is 17.3 Å². The molecule has 2 rings (SSSR count). The third-order valence-corrected chi connectivity index (χ3v) is 6.61. The Morgan fingerprint density at radius 3 is 2.03 bits per heavy atom. The van der Waals surface area contributed by atoms with Crippen molar-refractivity contribution in [3.05, 3.63) is 64.7 Å². The highest BCUT2D eigenvalue weighted by Gasteiger charge is 2.35. The number of sulfonamides is 1. The van der Waals surface area contributed by atoms with E-state index in [1.807, 2.05) is 13.8 Å². The number of primary amides is 1. The van der Waals surface area contributed by atoms with Crippen LogP contribution in [0.2, 0.25) is 5.02 Å². The molecule has 1 amide bonds. The largest absolute Gasteiger partial charge is 0.368 e. The lowest BCUT2D eigenvalue weighted by Crippen LogP contribution is -2.48. The van der Waals surface area contributed by atoms with Crippen molar-refractivity contribution in [1.29, 1.82) is 0 Å². The van der Waals surface area contributed by atoms with Crippen LogP contribution in [-0.4, -0.2) is 30.5 Å². The van der Waals surface area contributed by atoms with Crippen molar-refractivity contribution < 1.29 is 18.0 Å². The highest BCUT2D eigenvalue weighted by atomic mass is 35.5. The van der Waals surface area contributed by atoms with Crippen LogP contribution < -0.4 is 5.73 Å². The van der Waals surface area contributed by atoms with Gasteiger partial charge >= 0.3 is 0 Å². The number of ketones is 1. The minimum absolute atomic E-state index is 0.0252. The van der Waals surface area contributed by atoms with Crippen LogP contribution in [0.15, 0.2) is 53.4 Å². The minimum Gasteiger partial charge on any atom is -0.368 e. The Bertz CT molecular complexity index is 971. The summed E-state index contributed by atoms with van der Waals surface area (Å²) >= 11 is 5.88. The number of benzene rings is 2. The van der Waals surface area contributed by atoms with Crippen molar-refractivity contribution >= 4 is 33.3 Å². The van der Waals surface area contributed by atoms with Gasteiger partial charge in [-0.2, -0.15) is 4.31 Å². The molecule has 29 heavy (non-hydrogen) atoms. The predicted molar refractivity (Wildman–Crippen MR) is 113 cm³/mol. The van der Waals surface area contributed by atoms with Gasteiger partial charge in [0, 0.05) is 17.1 Å². The molecule has 0 unspecified atom stereocenters. The molecule has 6 nitrogen and oxygen atoms in total. The zero-order valence-electron chi connectivity index (χ0n) is 16.6. The Labute approximate surface area is 176 Å². The number of rotatable bonds is 9. The summed E-state index contributed by atoms with van der Waals surface area (Å²) in [6.07, 6.45) is 0.285. The third kappa shape index (κ3) is 5.88. The van der Waals surface area contributed by atoms with Gasteiger partial charge in [-0.1, -0.05) is 49.7 Å². The Morgan fingerprint density at radius 1 is 1.03 bits per heavy atom. The number of Topliss-reactive ketones (excluding diaryl/α,β-unsaturated/α-hetero) is 1. The van der Waals surface area contributed by atoms with Crippen molar-refractivity contribution in [1.82, 2.24) is 4.31 Å². The lowest BCUT2D eigenvalue weighted by Gasteiger charge is -2.30. The van der Waals surface area contributed by atoms with Crippen LogP contribution in [0, 0.1) is 5.92 Å². The van der Waals surface area contributed by atoms with E-state index < -0.39 is 22.0 Å². The zero-order chi connectivity index (χ0) is 21.8. The quantitative estimate of drug-likeness (QED) is 0.607. The van der Waals surface area contributed by atoms with Crippen molar-refractivity contribution in [2.45, 2.75) is 44.7 Å². The summed E-state index contributed by atoms with van der Waals surface area (Å²) in [6.45, 7) is 5.19. The Kier molecular flexibility index (Phi) is 7.57. The molecule has 0 fully saturated rings. The number of amides is 1. The second kappa shape index (κ2) is 9.52. The lowest BCUT2D eigenvalue weighted by atomic mass is 10.0. The van der Waals surface area contributed by atoms with Crippen LogP contribution >= 0.6 is 11.6 Å². The second-order valence-corrected chi connectivity index (χ2v) is 9.63. The summed E-state index contributed by atoms with van der Waals surface area (Å²) in [7, 11) is -4.03. The molecule has 0 aliphatic carbocycles. The van der Waals surface area contributed by atoms with Crippen LogP contribution in [0.3, 0.4) is 0 Å². The van der Waals surface area contributed by atoms with E-state index in [0.717, 1.165) is 4.31 Å². The molecule has 0 aliphatic heterocycles. The van der Waals surface area contributed by atoms with E-state index in [2.05, 4.69) is 0 Å². The maximum Gasteiger partial charge on any atom is 0.244 e. The molecule has 0 saturated heterocycles. The molecule has 0 aromatic heterocycles. The smallest absolute Gasteiger partial charge is 0.244 e. The number of hydrogen-bond donors (Lipinski definition) is 1. The van der Waals surface area contributed by atoms with Crippen LogP contribution in [-0.2, 0) is 21.4 Å². The van der Waals surface area contributed by atoms with Crippen LogP contribution in [0.4, 0.5) is 0 Å². The van der Waals surface area contributed by atoms with Gasteiger partial charge in [-0.15, -0.1) is 0 Å². The van der Waals surface area contributed by atoms with Crippen LogP contribution in [0.1, 0.15) is 43.1 Å². The number of nitrogens with zero attached hydrogens (tertiary/aromatic N) is 1. The van der Waals surface area contributed by atoms with Gasteiger partial charge in [0.1, 0.15) is 6.04 Å². The molecule has 156 valence electrons. The summed E-state index contributed by atoms with van der Waals surface area (Å²) in [6, 6.07) is 11.4. The molecule has 1 atom stereocenters. The fourth-order valence-electron chi connectivity index (χ4n) is 2.95. The first-order valence-corrected chi connectivity index (χ1v) is 11.0. The first kappa shape index (κ1) is 23.1. The zero-order valence-corrected chi connectivity index (χ0v) is 18.2. The van der Waals surface area contributed by atoms with E-state index in [0.29, 0.717) is 16.1 Å². The molecule has 2 N–H and O–H groups in total. The molecule has 0 heterocycles. The normalized spacial score (nSPS) is 12.9. The van der Waals surface area contributed by atoms with Gasteiger partial charge in [-0.3, -0.25) is 9.59 Å². The number of halogens is 1. The van der Waals surface area contributed by atoms with E-state index in [9.17, 15) is 18.0 Å². The van der Waals surface area contributed by atoms with Crippen molar-refractivity contribution in [3.8, 4) is 0 Å². The molecule has 0 aliphatic rings. The minimum atomic E-state index is -4.03. The maximum atomic E-state index is 13.4. The molecule has 0 radical (unpaired) electrons. The highest BCUT2D eigenvalue weighted by molar-refractivity contribution is 7.89. The van der Waals surface area contributed by atoms with Gasteiger partial charge in [0.05, 0.1) is 4.90 Å². The topological polar surface area (TPSA) is 97.5 Å². The fraction of sp³-hybridized carbons (Fsp3) is 0.333.